The van der Waals surface area contributed by atoms with Gasteiger partial charge >= 0.3 is 68.3 Å². The molecule has 0 saturated heterocycles. The Hall–Kier alpha value is 1.71. The molecule has 0 aliphatic rings. The van der Waals surface area contributed by atoms with Gasteiger partial charge in [0, 0.05) is 0 Å². The molecule has 0 heterocycles. The van der Waals surface area contributed by atoms with Gasteiger partial charge < -0.3 is 0 Å². The number of hydrogen-bond acceptors (Lipinski definition) is 3. The van der Waals surface area contributed by atoms with Crippen molar-refractivity contribution in [2.24, 2.45) is 0 Å². The Kier molecular flexibility index (Phi) is 25.7. The van der Waals surface area contributed by atoms with E-state index in [-0.39, 0.29) is 37.7 Å². The average Bonchev–Trinajstić information content (AvgIpc) is 0.811. The molecule has 6 heavy (non-hydrogen) atoms. The summed E-state index contributed by atoms with van der Waals surface area (Å²) in [4.78, 5) is 0. The van der Waals surface area contributed by atoms with Crippen molar-refractivity contribution in [2.45, 2.75) is 0 Å². The van der Waals surface area contributed by atoms with Crippen molar-refractivity contribution in [1.29, 1.82) is 0 Å². The van der Waals surface area contributed by atoms with Crippen molar-refractivity contribution in [3.8, 4) is 0 Å². The topological polar surface area (TPSA) is 63.2 Å². The first-order valence-electron chi connectivity index (χ1n) is 0.612. The van der Waals surface area contributed by atoms with E-state index in [1.807, 2.05) is 0 Å². The molecule has 0 atom stereocenters. The zero-order valence-electron chi connectivity index (χ0n) is 3.72. The zero-order chi connectivity index (χ0) is 3.58. The van der Waals surface area contributed by atoms with E-state index in [0.29, 0.717) is 0 Å². The van der Waals surface area contributed by atoms with Gasteiger partial charge in [-0.1, -0.05) is 0 Å². The van der Waals surface area contributed by atoms with Crippen LogP contribution in [0.2, 0.25) is 0 Å². The fraction of sp³-hybridized carbons (Fsp3) is 0. The zero-order valence-corrected chi connectivity index (χ0v) is 6.58. The third-order valence-electron chi connectivity index (χ3n) is 0. The molecule has 0 saturated carbocycles. The quantitative estimate of drug-likeness (QED) is 0.348. The average molecular weight is 181 g/mol. The SMILES string of the molecule is [Li+].[Li+].[O]=[Sn]([O-])[O-]. The van der Waals surface area contributed by atoms with Gasteiger partial charge in [0.2, 0.25) is 0 Å². The molecule has 0 aromatic carbocycles. The summed E-state index contributed by atoms with van der Waals surface area (Å²) in [5, 5.41) is 0. The Bertz CT molecular complexity index is 31.8. The van der Waals surface area contributed by atoms with Crippen LogP contribution in [0.15, 0.2) is 0 Å². The molecule has 0 rings (SSSR count). The maximum atomic E-state index is 8.61. The molecule has 0 spiro atoms. The molecule has 0 amide bonds. The fourth-order valence-electron chi connectivity index (χ4n) is 0. The first kappa shape index (κ1) is 15.6. The number of rotatable bonds is 0. The van der Waals surface area contributed by atoms with Crippen LogP contribution in [0.5, 0.6) is 0 Å². The van der Waals surface area contributed by atoms with E-state index in [1.54, 1.807) is 0 Å². The summed E-state index contributed by atoms with van der Waals surface area (Å²) in [6.07, 6.45) is 0. The molecule has 0 bridgehead atoms. The van der Waals surface area contributed by atoms with Gasteiger partial charge in [0.25, 0.3) is 0 Å². The minimum atomic E-state index is -4.29. The molecule has 3 nitrogen and oxygen atoms in total. The Balaban J connectivity index is -0.0000000450. The van der Waals surface area contributed by atoms with Crippen molar-refractivity contribution < 1.29 is 47.7 Å². The summed E-state index contributed by atoms with van der Waals surface area (Å²) in [5.41, 5.74) is 0. The second-order valence-corrected chi connectivity index (χ2v) is 1.68. The van der Waals surface area contributed by atoms with Crippen LogP contribution >= 0.6 is 0 Å². The molecule has 0 radical (unpaired) electrons. The van der Waals surface area contributed by atoms with E-state index < -0.39 is 20.6 Å². The van der Waals surface area contributed by atoms with Crippen LogP contribution in [0.1, 0.15) is 0 Å². The van der Waals surface area contributed by atoms with Gasteiger partial charge in [0.05, 0.1) is 0 Å². The van der Waals surface area contributed by atoms with Crippen LogP contribution in [0, 0.1) is 0 Å². The first-order chi connectivity index (χ1) is 1.73. The Morgan fingerprint density at radius 1 is 1.17 bits per heavy atom. The molecule has 0 aliphatic heterocycles. The van der Waals surface area contributed by atoms with E-state index in [2.05, 4.69) is 0 Å². The van der Waals surface area contributed by atoms with E-state index in [9.17, 15) is 0 Å². The van der Waals surface area contributed by atoms with Crippen LogP contribution < -0.4 is 44.6 Å². The Labute approximate surface area is 67.7 Å². The molecule has 0 unspecified atom stereocenters. The van der Waals surface area contributed by atoms with Crippen LogP contribution in [-0.2, 0) is 3.08 Å². The van der Waals surface area contributed by atoms with E-state index in [1.165, 1.54) is 0 Å². The van der Waals surface area contributed by atoms with Crippen molar-refractivity contribution in [2.75, 3.05) is 0 Å². The van der Waals surface area contributed by atoms with Crippen LogP contribution in [0.3, 0.4) is 0 Å². The molecule has 0 aromatic heterocycles. The molecule has 0 fully saturated rings. The molecular weight excluding hydrogens is 181 g/mol. The van der Waals surface area contributed by atoms with Gasteiger partial charge in [-0.15, -0.1) is 0 Å². The van der Waals surface area contributed by atoms with Gasteiger partial charge in [0.1, 0.15) is 0 Å². The summed E-state index contributed by atoms with van der Waals surface area (Å²) in [6.45, 7) is 0. The minimum absolute atomic E-state index is 0. The van der Waals surface area contributed by atoms with Crippen molar-refractivity contribution in [1.82, 2.24) is 0 Å². The summed E-state index contributed by atoms with van der Waals surface area (Å²) >= 11 is -4.29. The van der Waals surface area contributed by atoms with E-state index in [0.717, 1.165) is 0 Å². The second kappa shape index (κ2) is 9.86. The van der Waals surface area contributed by atoms with Crippen LogP contribution in [-0.4, -0.2) is 20.6 Å². The molecule has 0 N–H and O–H groups in total. The van der Waals surface area contributed by atoms with Gasteiger partial charge in [0.15, 0.2) is 0 Å². The first-order valence-corrected chi connectivity index (χ1v) is 4.11. The third kappa shape index (κ3) is 43.2. The predicted molar refractivity (Wildman–Crippen MR) is 6.44 cm³/mol. The monoisotopic (exact) mass is 182 g/mol. The van der Waals surface area contributed by atoms with E-state index >= 15 is 0 Å². The van der Waals surface area contributed by atoms with Gasteiger partial charge in [-0.2, -0.15) is 0 Å². The normalized spacial score (nSPS) is 4.33. The Morgan fingerprint density at radius 3 is 1.17 bits per heavy atom. The third-order valence-corrected chi connectivity index (χ3v) is 0. The fourth-order valence-corrected chi connectivity index (χ4v) is 0. The molecule has 24 valence electrons. The van der Waals surface area contributed by atoms with Crippen LogP contribution in [0.25, 0.3) is 0 Å². The summed E-state index contributed by atoms with van der Waals surface area (Å²) in [7, 11) is 0. The summed E-state index contributed by atoms with van der Waals surface area (Å²) in [5.74, 6) is 0. The molecule has 6 heteroatoms. The summed E-state index contributed by atoms with van der Waals surface area (Å²) in [6, 6.07) is 0. The Morgan fingerprint density at radius 2 is 1.17 bits per heavy atom. The van der Waals surface area contributed by atoms with Crippen molar-refractivity contribution in [3.63, 3.8) is 0 Å². The maximum absolute atomic E-state index is 8.61. The van der Waals surface area contributed by atoms with Crippen molar-refractivity contribution >= 4 is 20.6 Å². The molecule has 0 aromatic rings. The molecular formula is Li2O3Sn. The van der Waals surface area contributed by atoms with Gasteiger partial charge in [-0.3, -0.25) is 0 Å². The van der Waals surface area contributed by atoms with Gasteiger partial charge in [-0.25, -0.2) is 0 Å². The second-order valence-electron chi connectivity index (χ2n) is 0.250. The number of hydrogen-bond donors (Lipinski definition) is 0. The molecule has 0 aliphatic carbocycles. The summed E-state index contributed by atoms with van der Waals surface area (Å²) < 4.78 is 25.8. The standard InChI is InChI=1S/2Li.3O.Sn/q2*+1;;2*-1;. The van der Waals surface area contributed by atoms with Crippen molar-refractivity contribution in [3.05, 3.63) is 0 Å². The van der Waals surface area contributed by atoms with Gasteiger partial charge in [-0.05, 0) is 0 Å². The van der Waals surface area contributed by atoms with Crippen LogP contribution in [0.4, 0.5) is 0 Å². The predicted octanol–water partition coefficient (Wildman–Crippen LogP) is -8.87. The van der Waals surface area contributed by atoms with E-state index in [4.69, 9.17) is 9.96 Å².